The Labute approximate surface area is 248 Å². The summed E-state index contributed by atoms with van der Waals surface area (Å²) < 4.78 is 28.2. The highest BCUT2D eigenvalue weighted by Crippen LogP contribution is 2.39. The van der Waals surface area contributed by atoms with Crippen molar-refractivity contribution in [2.24, 2.45) is 0 Å². The van der Waals surface area contributed by atoms with Crippen molar-refractivity contribution in [3.8, 4) is 0 Å². The highest BCUT2D eigenvalue weighted by Gasteiger charge is 2.53. The van der Waals surface area contributed by atoms with Crippen LogP contribution in [-0.4, -0.2) is 41.2 Å². The summed E-state index contributed by atoms with van der Waals surface area (Å²) in [5.74, 6) is 0. The summed E-state index contributed by atoms with van der Waals surface area (Å²) >= 11 is 0. The minimum absolute atomic E-state index is 0.374. The summed E-state index contributed by atoms with van der Waals surface area (Å²) in [4.78, 5) is 0. The molecule has 2 aromatic carbocycles. The second-order valence-corrected chi connectivity index (χ2v) is 14.4. The highest BCUT2D eigenvalue weighted by molar-refractivity contribution is 6.63. The van der Waals surface area contributed by atoms with E-state index in [-0.39, 0.29) is 36.6 Å². The molecule has 2 fully saturated rings. The third-order valence-corrected chi connectivity index (χ3v) is 10.2. The van der Waals surface area contributed by atoms with Crippen LogP contribution >= 0.6 is 0 Å². The number of fused-ring (bicyclic) bond motifs is 3. The van der Waals surface area contributed by atoms with Gasteiger partial charge in [-0.2, -0.15) is 0 Å². The molecule has 0 bridgehead atoms. The standard InChI is InChI=1S/C34H51B2NO4/c1-10-11-12-13-14-15-16-17-22-37-29-20-18-25(35-38-31(2,3)32(4,5)39-35)23-27(29)28-24-26(19-21-30(28)37)36-40-33(6,7)34(8,9)41-36/h18-21,23-24H,10-17,22H2,1-9H3. The minimum atomic E-state index is -0.387. The fraction of sp³-hybridized carbons (Fsp3) is 0.647. The number of rotatable bonds is 11. The van der Waals surface area contributed by atoms with Gasteiger partial charge in [0.15, 0.2) is 0 Å². The van der Waals surface area contributed by atoms with Crippen LogP contribution in [0.1, 0.15) is 114 Å². The Hall–Kier alpha value is -1.79. The Morgan fingerprint density at radius 2 is 0.902 bits per heavy atom. The van der Waals surface area contributed by atoms with Gasteiger partial charge in [0.2, 0.25) is 0 Å². The van der Waals surface area contributed by atoms with Crippen molar-refractivity contribution in [3.05, 3.63) is 36.4 Å². The van der Waals surface area contributed by atoms with E-state index in [1.165, 1.54) is 73.2 Å². The van der Waals surface area contributed by atoms with Crippen molar-refractivity contribution in [3.63, 3.8) is 0 Å². The van der Waals surface area contributed by atoms with Gasteiger partial charge in [-0.15, -0.1) is 0 Å². The van der Waals surface area contributed by atoms with Crippen LogP contribution in [0.2, 0.25) is 0 Å². The van der Waals surface area contributed by atoms with Crippen LogP contribution < -0.4 is 10.9 Å². The van der Waals surface area contributed by atoms with E-state index in [1.54, 1.807) is 0 Å². The summed E-state index contributed by atoms with van der Waals surface area (Å²) in [6, 6.07) is 13.4. The third-order valence-electron chi connectivity index (χ3n) is 10.2. The van der Waals surface area contributed by atoms with Crippen molar-refractivity contribution >= 4 is 47.0 Å². The van der Waals surface area contributed by atoms with Gasteiger partial charge in [0, 0.05) is 28.4 Å². The molecule has 0 radical (unpaired) electrons. The molecule has 1 aromatic heterocycles. The lowest BCUT2D eigenvalue weighted by Crippen LogP contribution is -2.41. The van der Waals surface area contributed by atoms with Gasteiger partial charge in [0.1, 0.15) is 0 Å². The molecule has 5 rings (SSSR count). The molecule has 7 heteroatoms. The number of benzene rings is 2. The number of nitrogens with zero attached hydrogens (tertiary/aromatic N) is 1. The van der Waals surface area contributed by atoms with Crippen LogP contribution in [0.4, 0.5) is 0 Å². The molecule has 3 aromatic rings. The molecule has 0 unspecified atom stereocenters. The topological polar surface area (TPSA) is 41.9 Å². The lowest BCUT2D eigenvalue weighted by molar-refractivity contribution is 0.00578. The molecular formula is C34H51B2NO4. The summed E-state index contributed by atoms with van der Waals surface area (Å²) in [7, 11) is -0.774. The van der Waals surface area contributed by atoms with E-state index in [0.29, 0.717) is 0 Å². The summed E-state index contributed by atoms with van der Waals surface area (Å²) in [6.07, 6.45) is 10.5. The van der Waals surface area contributed by atoms with Crippen LogP contribution in [0.15, 0.2) is 36.4 Å². The number of hydrogen-bond acceptors (Lipinski definition) is 4. The number of aryl methyl sites for hydroxylation is 1. The summed E-state index contributed by atoms with van der Waals surface area (Å²) in [5, 5.41) is 2.45. The normalized spacial score (nSPS) is 21.0. The van der Waals surface area contributed by atoms with Gasteiger partial charge in [0.05, 0.1) is 22.4 Å². The van der Waals surface area contributed by atoms with E-state index in [0.717, 1.165) is 17.5 Å². The predicted molar refractivity (Wildman–Crippen MR) is 173 cm³/mol. The minimum Gasteiger partial charge on any atom is -0.399 e. The molecule has 2 aliphatic heterocycles. The summed E-state index contributed by atoms with van der Waals surface area (Å²) in [6.45, 7) is 20.2. The lowest BCUT2D eigenvalue weighted by Gasteiger charge is -2.32. The van der Waals surface area contributed by atoms with E-state index >= 15 is 0 Å². The highest BCUT2D eigenvalue weighted by atomic mass is 16.7. The maximum absolute atomic E-state index is 6.43. The monoisotopic (exact) mass is 559 g/mol. The molecule has 0 N–H and O–H groups in total. The zero-order valence-electron chi connectivity index (χ0n) is 27.1. The first-order valence-corrected chi connectivity index (χ1v) is 16.0. The largest absolute Gasteiger partial charge is 0.494 e. The van der Waals surface area contributed by atoms with Crippen molar-refractivity contribution in [2.45, 2.75) is 143 Å². The van der Waals surface area contributed by atoms with E-state index < -0.39 is 0 Å². The molecule has 0 atom stereocenters. The lowest BCUT2D eigenvalue weighted by atomic mass is 9.77. The molecule has 41 heavy (non-hydrogen) atoms. The first-order valence-electron chi connectivity index (χ1n) is 16.0. The van der Waals surface area contributed by atoms with Crippen LogP contribution in [-0.2, 0) is 25.2 Å². The molecule has 0 aliphatic carbocycles. The molecule has 222 valence electrons. The number of hydrogen-bond donors (Lipinski definition) is 0. The van der Waals surface area contributed by atoms with Crippen LogP contribution in [0.3, 0.4) is 0 Å². The van der Waals surface area contributed by atoms with Crippen LogP contribution in [0, 0.1) is 0 Å². The third kappa shape index (κ3) is 5.89. The first-order chi connectivity index (χ1) is 19.3. The quantitative estimate of drug-likeness (QED) is 0.180. The molecule has 0 saturated carbocycles. The Morgan fingerprint density at radius 3 is 1.29 bits per heavy atom. The smallest absolute Gasteiger partial charge is 0.399 e. The average molecular weight is 559 g/mol. The van der Waals surface area contributed by atoms with E-state index in [1.807, 2.05) is 0 Å². The second-order valence-electron chi connectivity index (χ2n) is 14.4. The van der Waals surface area contributed by atoms with Gasteiger partial charge >= 0.3 is 14.2 Å². The zero-order valence-corrected chi connectivity index (χ0v) is 27.1. The fourth-order valence-electron chi connectivity index (χ4n) is 6.04. The molecule has 5 nitrogen and oxygen atoms in total. The molecule has 0 spiro atoms. The van der Waals surface area contributed by atoms with Gasteiger partial charge in [0.25, 0.3) is 0 Å². The fourth-order valence-corrected chi connectivity index (χ4v) is 6.04. The number of aromatic nitrogens is 1. The van der Waals surface area contributed by atoms with Crippen LogP contribution in [0.5, 0.6) is 0 Å². The van der Waals surface area contributed by atoms with E-state index in [9.17, 15) is 0 Å². The Kier molecular flexibility index (Phi) is 8.50. The SMILES string of the molecule is CCCCCCCCCCn1c2ccc(B3OC(C)(C)C(C)(C)O3)cc2c2cc(B3OC(C)(C)C(C)(C)O3)ccc21. The molecular weight excluding hydrogens is 508 g/mol. The Bertz CT molecular complexity index is 1250. The first kappa shape index (κ1) is 30.7. The second kappa shape index (κ2) is 11.4. The van der Waals surface area contributed by atoms with Crippen LogP contribution in [0.25, 0.3) is 21.8 Å². The summed E-state index contributed by atoms with van der Waals surface area (Å²) in [5.41, 5.74) is 3.14. The van der Waals surface area contributed by atoms with E-state index in [2.05, 4.69) is 103 Å². The molecule has 2 aliphatic rings. The zero-order chi connectivity index (χ0) is 29.6. The van der Waals surface area contributed by atoms with Crippen molar-refractivity contribution in [1.29, 1.82) is 0 Å². The average Bonchev–Trinajstić information content (AvgIpc) is 3.41. The van der Waals surface area contributed by atoms with Gasteiger partial charge in [-0.25, -0.2) is 0 Å². The molecule has 2 saturated heterocycles. The predicted octanol–water partition coefficient (Wildman–Crippen LogP) is 7.53. The molecule has 3 heterocycles. The molecule has 0 amide bonds. The maximum atomic E-state index is 6.43. The van der Waals surface area contributed by atoms with Crippen molar-refractivity contribution in [1.82, 2.24) is 4.57 Å². The maximum Gasteiger partial charge on any atom is 0.494 e. The van der Waals surface area contributed by atoms with Gasteiger partial charge in [-0.05, 0) is 84.9 Å². The van der Waals surface area contributed by atoms with Gasteiger partial charge < -0.3 is 23.2 Å². The van der Waals surface area contributed by atoms with Gasteiger partial charge in [-0.1, -0.05) is 76.1 Å². The number of unbranched alkanes of at least 4 members (excludes halogenated alkanes) is 7. The van der Waals surface area contributed by atoms with Crippen molar-refractivity contribution < 1.29 is 18.6 Å². The van der Waals surface area contributed by atoms with Crippen molar-refractivity contribution in [2.75, 3.05) is 0 Å². The Morgan fingerprint density at radius 1 is 0.537 bits per heavy atom. The van der Waals surface area contributed by atoms with Gasteiger partial charge in [-0.3, -0.25) is 0 Å². The van der Waals surface area contributed by atoms with E-state index in [4.69, 9.17) is 18.6 Å². The Balaban J connectivity index is 1.46.